The van der Waals surface area contributed by atoms with Crippen LogP contribution in [0.25, 0.3) is 0 Å². The topological polar surface area (TPSA) is 26.0 Å². The zero-order chi connectivity index (χ0) is 14.2. The number of rotatable bonds is 2. The molecule has 0 bridgehead atoms. The molecular formula is C14H11BrClF2N. The normalized spacial score (nSPS) is 12.5. The van der Waals surface area contributed by atoms with E-state index in [-0.39, 0.29) is 10.0 Å². The van der Waals surface area contributed by atoms with Crippen LogP contribution < -0.4 is 5.73 Å². The fourth-order valence-corrected chi connectivity index (χ4v) is 2.39. The van der Waals surface area contributed by atoms with Crippen LogP contribution >= 0.6 is 27.5 Å². The third kappa shape index (κ3) is 2.96. The molecule has 0 saturated carbocycles. The van der Waals surface area contributed by atoms with E-state index in [1.807, 2.05) is 6.92 Å². The molecule has 0 spiro atoms. The number of hydrogen-bond donors (Lipinski definition) is 1. The summed E-state index contributed by atoms with van der Waals surface area (Å²) >= 11 is 8.85. The molecule has 0 heterocycles. The van der Waals surface area contributed by atoms with Crippen molar-refractivity contribution >= 4 is 27.5 Å². The number of halogens is 4. The van der Waals surface area contributed by atoms with E-state index in [1.54, 1.807) is 18.2 Å². The molecule has 0 radical (unpaired) electrons. The Kier molecular flexibility index (Phi) is 4.23. The maximum atomic E-state index is 13.9. The van der Waals surface area contributed by atoms with Crippen LogP contribution in [-0.4, -0.2) is 0 Å². The van der Waals surface area contributed by atoms with Crippen molar-refractivity contribution in [3.05, 3.63) is 68.2 Å². The zero-order valence-electron chi connectivity index (χ0n) is 10.1. The molecule has 0 aliphatic rings. The summed E-state index contributed by atoms with van der Waals surface area (Å²) in [5, 5.41) is 0.508. The largest absolute Gasteiger partial charge is 0.320 e. The van der Waals surface area contributed by atoms with Gasteiger partial charge in [-0.25, -0.2) is 8.78 Å². The van der Waals surface area contributed by atoms with Crippen molar-refractivity contribution in [1.29, 1.82) is 0 Å². The molecular weight excluding hydrogens is 336 g/mol. The highest BCUT2D eigenvalue weighted by molar-refractivity contribution is 9.10. The lowest BCUT2D eigenvalue weighted by Gasteiger charge is -2.17. The molecule has 5 heteroatoms. The standard InChI is InChI=1S/C14H11BrClF2N/c1-7-2-3-8(16)4-9(7)14(19)10-5-13(18)11(15)6-12(10)17/h2-6,14H,19H2,1H3. The van der Waals surface area contributed by atoms with Crippen LogP contribution in [0.4, 0.5) is 8.78 Å². The second-order valence-corrected chi connectivity index (χ2v) is 5.56. The van der Waals surface area contributed by atoms with Crippen molar-refractivity contribution in [2.45, 2.75) is 13.0 Å². The Morgan fingerprint density at radius 1 is 1.11 bits per heavy atom. The Morgan fingerprint density at radius 2 is 1.79 bits per heavy atom. The molecule has 1 nitrogen and oxygen atoms in total. The van der Waals surface area contributed by atoms with Gasteiger partial charge in [-0.2, -0.15) is 0 Å². The lowest BCUT2D eigenvalue weighted by Crippen LogP contribution is -2.15. The zero-order valence-corrected chi connectivity index (χ0v) is 12.4. The first-order chi connectivity index (χ1) is 8.90. The van der Waals surface area contributed by atoms with Gasteiger partial charge < -0.3 is 5.73 Å². The number of hydrogen-bond acceptors (Lipinski definition) is 1. The third-order valence-corrected chi connectivity index (χ3v) is 3.79. The minimum atomic E-state index is -0.763. The Morgan fingerprint density at radius 3 is 2.47 bits per heavy atom. The molecule has 0 aromatic heterocycles. The molecule has 100 valence electrons. The monoisotopic (exact) mass is 345 g/mol. The van der Waals surface area contributed by atoms with E-state index in [1.165, 1.54) is 0 Å². The second-order valence-electron chi connectivity index (χ2n) is 4.27. The number of aryl methyl sites for hydroxylation is 1. The molecule has 2 rings (SSSR count). The van der Waals surface area contributed by atoms with Crippen molar-refractivity contribution < 1.29 is 8.78 Å². The maximum Gasteiger partial charge on any atom is 0.137 e. The van der Waals surface area contributed by atoms with Crippen molar-refractivity contribution in [2.75, 3.05) is 0 Å². The van der Waals surface area contributed by atoms with Crippen LogP contribution in [0.1, 0.15) is 22.7 Å². The Balaban J connectivity index is 2.52. The van der Waals surface area contributed by atoms with E-state index in [2.05, 4.69) is 15.9 Å². The highest BCUT2D eigenvalue weighted by Gasteiger charge is 2.18. The van der Waals surface area contributed by atoms with Crippen molar-refractivity contribution in [2.24, 2.45) is 5.73 Å². The molecule has 19 heavy (non-hydrogen) atoms. The molecule has 0 aliphatic heterocycles. The van der Waals surface area contributed by atoms with E-state index in [9.17, 15) is 8.78 Å². The van der Waals surface area contributed by atoms with Gasteiger partial charge in [-0.3, -0.25) is 0 Å². The summed E-state index contributed by atoms with van der Waals surface area (Å²) in [6.07, 6.45) is 0. The van der Waals surface area contributed by atoms with E-state index >= 15 is 0 Å². The van der Waals surface area contributed by atoms with Crippen LogP contribution in [0.15, 0.2) is 34.8 Å². The first-order valence-electron chi connectivity index (χ1n) is 5.56. The van der Waals surface area contributed by atoms with E-state index < -0.39 is 17.7 Å². The molecule has 2 aromatic rings. The average molecular weight is 347 g/mol. The fourth-order valence-electron chi connectivity index (χ4n) is 1.89. The second kappa shape index (κ2) is 5.57. The summed E-state index contributed by atoms with van der Waals surface area (Å²) in [4.78, 5) is 0. The van der Waals surface area contributed by atoms with Crippen LogP contribution in [0, 0.1) is 18.6 Å². The lowest BCUT2D eigenvalue weighted by molar-refractivity contribution is 0.572. The average Bonchev–Trinajstić information content (AvgIpc) is 2.36. The quantitative estimate of drug-likeness (QED) is 0.781. The molecule has 0 aliphatic carbocycles. The highest BCUT2D eigenvalue weighted by atomic mass is 79.9. The van der Waals surface area contributed by atoms with Crippen molar-refractivity contribution in [1.82, 2.24) is 0 Å². The van der Waals surface area contributed by atoms with Gasteiger partial charge in [0.25, 0.3) is 0 Å². The van der Waals surface area contributed by atoms with Gasteiger partial charge in [0, 0.05) is 10.6 Å². The third-order valence-electron chi connectivity index (χ3n) is 2.95. The van der Waals surface area contributed by atoms with E-state index in [0.717, 1.165) is 17.7 Å². The van der Waals surface area contributed by atoms with Crippen LogP contribution in [0.2, 0.25) is 5.02 Å². The lowest BCUT2D eigenvalue weighted by atomic mass is 9.95. The maximum absolute atomic E-state index is 13.9. The summed E-state index contributed by atoms with van der Waals surface area (Å²) in [5.74, 6) is -1.10. The molecule has 2 aromatic carbocycles. The van der Waals surface area contributed by atoms with Gasteiger partial charge in [0.15, 0.2) is 0 Å². The van der Waals surface area contributed by atoms with Gasteiger partial charge in [0.2, 0.25) is 0 Å². The van der Waals surface area contributed by atoms with Gasteiger partial charge in [0.05, 0.1) is 10.5 Å². The molecule has 1 atom stereocenters. The molecule has 1 unspecified atom stereocenters. The Bertz CT molecular complexity index is 631. The van der Waals surface area contributed by atoms with Crippen molar-refractivity contribution in [3.8, 4) is 0 Å². The first-order valence-corrected chi connectivity index (χ1v) is 6.73. The number of nitrogens with two attached hydrogens (primary N) is 1. The molecule has 0 saturated heterocycles. The predicted molar refractivity (Wildman–Crippen MR) is 76.3 cm³/mol. The minimum Gasteiger partial charge on any atom is -0.320 e. The predicted octanol–water partition coefficient (Wildman–Crippen LogP) is 4.74. The SMILES string of the molecule is Cc1ccc(Cl)cc1C(N)c1cc(F)c(Br)cc1F. The Labute approximate surface area is 123 Å². The number of benzene rings is 2. The van der Waals surface area contributed by atoms with Gasteiger partial charge in [-0.15, -0.1) is 0 Å². The summed E-state index contributed by atoms with van der Waals surface area (Å²) < 4.78 is 27.5. The minimum absolute atomic E-state index is 0.0729. The van der Waals surface area contributed by atoms with E-state index in [0.29, 0.717) is 10.6 Å². The van der Waals surface area contributed by atoms with Crippen molar-refractivity contribution in [3.63, 3.8) is 0 Å². The highest BCUT2D eigenvalue weighted by Crippen LogP contribution is 2.29. The first kappa shape index (κ1) is 14.4. The summed E-state index contributed by atoms with van der Waals surface area (Å²) in [6.45, 7) is 1.85. The van der Waals surface area contributed by atoms with E-state index in [4.69, 9.17) is 17.3 Å². The molecule has 0 amide bonds. The van der Waals surface area contributed by atoms with Crippen LogP contribution in [0.3, 0.4) is 0 Å². The fraction of sp³-hybridized carbons (Fsp3) is 0.143. The molecule has 0 fully saturated rings. The summed E-state index contributed by atoms with van der Waals surface area (Å²) in [5.41, 5.74) is 7.68. The summed E-state index contributed by atoms with van der Waals surface area (Å²) in [6, 6.07) is 6.60. The molecule has 2 N–H and O–H groups in total. The van der Waals surface area contributed by atoms with Crippen LogP contribution in [0.5, 0.6) is 0 Å². The van der Waals surface area contributed by atoms with Gasteiger partial charge in [0.1, 0.15) is 11.6 Å². The van der Waals surface area contributed by atoms with Gasteiger partial charge >= 0.3 is 0 Å². The van der Waals surface area contributed by atoms with Crippen LogP contribution in [-0.2, 0) is 0 Å². The van der Waals surface area contributed by atoms with Gasteiger partial charge in [-0.05, 0) is 58.2 Å². The smallest absolute Gasteiger partial charge is 0.137 e. The Hall–Kier alpha value is -0.970. The van der Waals surface area contributed by atoms with Gasteiger partial charge in [-0.1, -0.05) is 17.7 Å². The summed E-state index contributed by atoms with van der Waals surface area (Å²) in [7, 11) is 0.